The van der Waals surface area contributed by atoms with Crippen LogP contribution in [0.1, 0.15) is 58.2 Å². The van der Waals surface area contributed by atoms with Gasteiger partial charge in [0.1, 0.15) is 11.6 Å². The summed E-state index contributed by atoms with van der Waals surface area (Å²) in [5.74, 6) is 0.606. The smallest absolute Gasteiger partial charge is 0.332 e. The molecule has 0 spiro atoms. The molecule has 0 aliphatic heterocycles. The highest BCUT2D eigenvalue weighted by molar-refractivity contribution is 5.82. The molecular weight excluding hydrogens is 356 g/mol. The van der Waals surface area contributed by atoms with Crippen molar-refractivity contribution in [2.75, 3.05) is 5.43 Å². The Morgan fingerprint density at radius 3 is 1.89 bits per heavy atom. The molecule has 0 saturated heterocycles. The number of nitrogens with one attached hydrogen (secondary N) is 1. The first-order valence-corrected chi connectivity index (χ1v) is 9.17. The quantitative estimate of drug-likeness (QED) is 0.627. The highest BCUT2D eigenvalue weighted by Crippen LogP contribution is 2.39. The van der Waals surface area contributed by atoms with Gasteiger partial charge in [0.15, 0.2) is 0 Å². The van der Waals surface area contributed by atoms with Gasteiger partial charge in [0, 0.05) is 31.3 Å². The lowest BCUT2D eigenvalue weighted by atomic mass is 9.78. The third-order valence-corrected chi connectivity index (χ3v) is 4.67. The molecule has 0 amide bonds. The Kier molecular flexibility index (Phi) is 5.59. The van der Waals surface area contributed by atoms with Gasteiger partial charge in [-0.3, -0.25) is 19.4 Å². The maximum absolute atomic E-state index is 12.0. The number of phenolic OH excluding ortho intramolecular Hbond substituents is 1. The highest BCUT2D eigenvalue weighted by Gasteiger charge is 2.26. The molecule has 0 aliphatic carbocycles. The van der Waals surface area contributed by atoms with E-state index >= 15 is 0 Å². The van der Waals surface area contributed by atoms with Crippen molar-refractivity contribution in [2.45, 2.75) is 52.4 Å². The highest BCUT2D eigenvalue weighted by atomic mass is 16.3. The van der Waals surface area contributed by atoms with Crippen molar-refractivity contribution in [3.8, 4) is 5.75 Å². The van der Waals surface area contributed by atoms with Crippen LogP contribution in [0, 0.1) is 0 Å². The van der Waals surface area contributed by atoms with Crippen LogP contribution in [0.25, 0.3) is 0 Å². The van der Waals surface area contributed by atoms with E-state index in [9.17, 15) is 14.7 Å². The zero-order valence-corrected chi connectivity index (χ0v) is 17.9. The molecule has 0 saturated carbocycles. The Bertz CT molecular complexity index is 997. The van der Waals surface area contributed by atoms with Crippen molar-refractivity contribution >= 4 is 12.0 Å². The van der Waals surface area contributed by atoms with Crippen LogP contribution >= 0.6 is 0 Å². The molecular formula is C21H30N4O3. The Morgan fingerprint density at radius 1 is 0.929 bits per heavy atom. The molecule has 28 heavy (non-hydrogen) atoms. The van der Waals surface area contributed by atoms with Gasteiger partial charge in [-0.1, -0.05) is 41.5 Å². The monoisotopic (exact) mass is 386 g/mol. The molecule has 7 heteroatoms. The van der Waals surface area contributed by atoms with Gasteiger partial charge in [0.05, 0.1) is 6.21 Å². The van der Waals surface area contributed by atoms with E-state index in [-0.39, 0.29) is 10.8 Å². The van der Waals surface area contributed by atoms with Crippen LogP contribution in [-0.4, -0.2) is 20.5 Å². The minimum absolute atomic E-state index is 0.239. The zero-order chi connectivity index (χ0) is 21.4. The second-order valence-electron chi connectivity index (χ2n) is 9.10. The predicted molar refractivity (Wildman–Crippen MR) is 114 cm³/mol. The summed E-state index contributed by atoms with van der Waals surface area (Å²) < 4.78 is 2.34. The summed E-state index contributed by atoms with van der Waals surface area (Å²) in [4.78, 5) is 23.8. The Morgan fingerprint density at radius 2 is 1.43 bits per heavy atom. The first-order chi connectivity index (χ1) is 12.7. The van der Waals surface area contributed by atoms with Crippen molar-refractivity contribution in [1.29, 1.82) is 0 Å². The van der Waals surface area contributed by atoms with Crippen LogP contribution in [0.5, 0.6) is 5.75 Å². The lowest BCUT2D eigenvalue weighted by molar-refractivity contribution is 0.423. The summed E-state index contributed by atoms with van der Waals surface area (Å²) in [7, 11) is 2.99. The second kappa shape index (κ2) is 7.30. The van der Waals surface area contributed by atoms with Crippen LogP contribution in [0.3, 0.4) is 0 Å². The first kappa shape index (κ1) is 21.5. The number of phenols is 1. The van der Waals surface area contributed by atoms with Gasteiger partial charge in [-0.25, -0.2) is 4.79 Å². The maximum Gasteiger partial charge on any atom is 0.332 e. The van der Waals surface area contributed by atoms with E-state index in [1.807, 2.05) is 53.7 Å². The Balaban J connectivity index is 2.47. The Hall–Kier alpha value is -2.83. The number of anilines is 1. The standard InChI is InChI=1S/C21H30N4O3/c1-20(2,3)14-9-13(10-15(18(14)27)21(4,5)6)12-22-23-16-11-17(26)25(8)19(28)24(16)7/h9-12,23,27H,1-8H3/b22-12+. The third-order valence-electron chi connectivity index (χ3n) is 4.67. The van der Waals surface area contributed by atoms with E-state index in [2.05, 4.69) is 10.5 Å². The fourth-order valence-electron chi connectivity index (χ4n) is 2.89. The fraction of sp³-hybridized carbons (Fsp3) is 0.476. The molecule has 1 heterocycles. The van der Waals surface area contributed by atoms with Crippen molar-refractivity contribution in [3.05, 3.63) is 55.7 Å². The largest absolute Gasteiger partial charge is 0.507 e. The third kappa shape index (κ3) is 4.35. The lowest BCUT2D eigenvalue weighted by Gasteiger charge is -2.27. The molecule has 0 bridgehead atoms. The molecule has 0 atom stereocenters. The van der Waals surface area contributed by atoms with Gasteiger partial charge in [-0.15, -0.1) is 0 Å². The minimum Gasteiger partial charge on any atom is -0.507 e. The Labute approximate surface area is 165 Å². The van der Waals surface area contributed by atoms with Gasteiger partial charge < -0.3 is 5.11 Å². The summed E-state index contributed by atoms with van der Waals surface area (Å²) in [6, 6.07) is 5.12. The number of hydrazone groups is 1. The minimum atomic E-state index is -0.431. The summed E-state index contributed by atoms with van der Waals surface area (Å²) in [5, 5.41) is 15.0. The van der Waals surface area contributed by atoms with E-state index in [1.165, 1.54) is 17.7 Å². The average Bonchev–Trinajstić information content (AvgIpc) is 2.56. The zero-order valence-electron chi connectivity index (χ0n) is 17.9. The van der Waals surface area contributed by atoms with Crippen LogP contribution in [0.2, 0.25) is 0 Å². The normalized spacial score (nSPS) is 12.6. The number of aromatic hydroxyl groups is 1. The van der Waals surface area contributed by atoms with Crippen LogP contribution < -0.4 is 16.7 Å². The van der Waals surface area contributed by atoms with E-state index in [1.54, 1.807) is 13.3 Å². The maximum atomic E-state index is 12.0. The van der Waals surface area contributed by atoms with Gasteiger partial charge in [0.2, 0.25) is 0 Å². The van der Waals surface area contributed by atoms with Gasteiger partial charge in [0.25, 0.3) is 5.56 Å². The second-order valence-corrected chi connectivity index (χ2v) is 9.10. The molecule has 1 aromatic heterocycles. The fourth-order valence-corrected chi connectivity index (χ4v) is 2.89. The molecule has 2 rings (SSSR count). The van der Waals surface area contributed by atoms with Gasteiger partial charge >= 0.3 is 5.69 Å². The van der Waals surface area contributed by atoms with Crippen molar-refractivity contribution in [2.24, 2.45) is 19.2 Å². The van der Waals surface area contributed by atoms with Crippen LogP contribution in [0.4, 0.5) is 5.82 Å². The number of rotatable bonds is 3. The first-order valence-electron chi connectivity index (χ1n) is 9.17. The molecule has 2 N–H and O–H groups in total. The average molecular weight is 386 g/mol. The molecule has 0 aliphatic rings. The predicted octanol–water partition coefficient (Wildman–Crippen LogP) is 2.83. The molecule has 0 radical (unpaired) electrons. The molecule has 0 unspecified atom stereocenters. The summed E-state index contributed by atoms with van der Waals surface area (Å²) in [6.45, 7) is 12.3. The van der Waals surface area contributed by atoms with E-state index in [4.69, 9.17) is 0 Å². The summed E-state index contributed by atoms with van der Waals surface area (Å²) >= 11 is 0. The van der Waals surface area contributed by atoms with E-state index in [0.29, 0.717) is 11.6 Å². The molecule has 2 aromatic rings. The van der Waals surface area contributed by atoms with Gasteiger partial charge in [-0.05, 0) is 28.5 Å². The van der Waals surface area contributed by atoms with E-state index < -0.39 is 11.2 Å². The number of hydrogen-bond donors (Lipinski definition) is 2. The van der Waals surface area contributed by atoms with E-state index in [0.717, 1.165) is 21.3 Å². The van der Waals surface area contributed by atoms with Crippen LogP contribution in [-0.2, 0) is 24.9 Å². The molecule has 0 fully saturated rings. The van der Waals surface area contributed by atoms with Crippen molar-refractivity contribution < 1.29 is 5.11 Å². The van der Waals surface area contributed by atoms with Crippen molar-refractivity contribution in [3.63, 3.8) is 0 Å². The molecule has 7 nitrogen and oxygen atoms in total. The molecule has 1 aromatic carbocycles. The van der Waals surface area contributed by atoms with Crippen LogP contribution in [0.15, 0.2) is 32.9 Å². The SMILES string of the molecule is Cn1c(N/N=C/c2cc(C(C)(C)C)c(O)c(C(C)(C)C)c2)cc(=O)n(C)c1=O. The number of aromatic nitrogens is 2. The van der Waals surface area contributed by atoms with Crippen molar-refractivity contribution in [1.82, 2.24) is 9.13 Å². The van der Waals surface area contributed by atoms with Gasteiger partial charge in [-0.2, -0.15) is 5.10 Å². The summed E-state index contributed by atoms with van der Waals surface area (Å²) in [6.07, 6.45) is 1.62. The number of benzene rings is 1. The number of hydrogen-bond acceptors (Lipinski definition) is 5. The topological polar surface area (TPSA) is 88.6 Å². The number of nitrogens with zero attached hydrogens (tertiary/aromatic N) is 3. The molecule has 152 valence electrons. The summed E-state index contributed by atoms with van der Waals surface area (Å²) in [5.41, 5.74) is 3.93. The lowest BCUT2D eigenvalue weighted by Crippen LogP contribution is -2.37.